The van der Waals surface area contributed by atoms with Gasteiger partial charge in [0.1, 0.15) is 11.6 Å². The van der Waals surface area contributed by atoms with Gasteiger partial charge in [-0.1, -0.05) is 0 Å². The summed E-state index contributed by atoms with van der Waals surface area (Å²) in [4.78, 5) is 7.94. The van der Waals surface area contributed by atoms with Crippen molar-refractivity contribution in [3.8, 4) is 17.1 Å². The maximum Gasteiger partial charge on any atom is 0.261 e. The van der Waals surface area contributed by atoms with E-state index in [1.54, 1.807) is 7.11 Å². The van der Waals surface area contributed by atoms with Crippen molar-refractivity contribution in [3.05, 3.63) is 35.8 Å². The van der Waals surface area contributed by atoms with E-state index >= 15 is 0 Å². The number of imidazole rings is 1. The Hall–Kier alpha value is -2.32. The Bertz CT molecular complexity index is 994. The van der Waals surface area contributed by atoms with Crippen LogP contribution < -0.4 is 4.74 Å². The van der Waals surface area contributed by atoms with Gasteiger partial charge in [-0.2, -0.15) is 8.42 Å². The lowest BCUT2D eigenvalue weighted by atomic mass is 10.0. The molecule has 1 aliphatic rings. The van der Waals surface area contributed by atoms with E-state index in [-0.39, 0.29) is 0 Å². The molecule has 3 heterocycles. The molecular formula is C16H19N3O4S. The lowest BCUT2D eigenvalue weighted by molar-refractivity contribution is 0.415. The number of ether oxygens (including phenoxy) is 1. The van der Waals surface area contributed by atoms with Gasteiger partial charge in [0, 0.05) is 17.4 Å². The number of hydrogen-bond donors (Lipinski definition) is 2. The van der Waals surface area contributed by atoms with Crippen LogP contribution in [0.15, 0.2) is 24.4 Å². The maximum absolute atomic E-state index is 9.19. The summed E-state index contributed by atoms with van der Waals surface area (Å²) in [5.41, 5.74) is 4.93. The standard InChI is InChI=1S/C15H15N3O.CH4O3S/c1-9-16-8-14-15-11(5-6-18(9)14)12-7-10(19-2)3-4-13(12)17-15;1-5(2,3)4/h3-4,7-8,17H,5-6H2,1-2H3;1H3,(H,2,3,4). The summed E-state index contributed by atoms with van der Waals surface area (Å²) in [7, 11) is -1.96. The van der Waals surface area contributed by atoms with E-state index < -0.39 is 10.1 Å². The summed E-state index contributed by atoms with van der Waals surface area (Å²) < 4.78 is 33.5. The third-order valence-corrected chi connectivity index (χ3v) is 4.01. The normalized spacial score (nSPS) is 13.0. The van der Waals surface area contributed by atoms with Crippen LogP contribution in [0.3, 0.4) is 0 Å². The molecule has 1 aromatic carbocycles. The summed E-state index contributed by atoms with van der Waals surface area (Å²) in [5.74, 6) is 1.99. The number of aryl methyl sites for hydroxylation is 2. The molecule has 0 spiro atoms. The van der Waals surface area contributed by atoms with Gasteiger partial charge in [0.2, 0.25) is 0 Å². The predicted octanol–water partition coefficient (Wildman–Crippen LogP) is 2.41. The van der Waals surface area contributed by atoms with E-state index in [0.717, 1.165) is 30.1 Å². The van der Waals surface area contributed by atoms with Gasteiger partial charge in [-0.05, 0) is 37.1 Å². The van der Waals surface area contributed by atoms with Crippen molar-refractivity contribution < 1.29 is 17.7 Å². The molecule has 4 rings (SSSR count). The predicted molar refractivity (Wildman–Crippen MR) is 92.0 cm³/mol. The van der Waals surface area contributed by atoms with Crippen molar-refractivity contribution in [2.24, 2.45) is 0 Å². The number of H-pyrrole nitrogens is 1. The quantitative estimate of drug-likeness (QED) is 0.658. The summed E-state index contributed by atoms with van der Waals surface area (Å²) >= 11 is 0. The van der Waals surface area contributed by atoms with Gasteiger partial charge in [-0.3, -0.25) is 4.55 Å². The minimum absolute atomic E-state index is 0.715. The Morgan fingerprint density at radius 3 is 2.75 bits per heavy atom. The molecule has 1 aliphatic heterocycles. The minimum Gasteiger partial charge on any atom is -0.497 e. The molecule has 2 N–H and O–H groups in total. The molecule has 0 fully saturated rings. The van der Waals surface area contributed by atoms with Crippen molar-refractivity contribution in [3.63, 3.8) is 0 Å². The molecule has 0 saturated carbocycles. The number of rotatable bonds is 1. The zero-order chi connectivity index (χ0) is 17.5. The molecule has 24 heavy (non-hydrogen) atoms. The monoisotopic (exact) mass is 349 g/mol. The number of nitrogens with zero attached hydrogens (tertiary/aromatic N) is 2. The second-order valence-electron chi connectivity index (χ2n) is 5.72. The highest BCUT2D eigenvalue weighted by Gasteiger charge is 2.22. The number of aromatic nitrogens is 3. The smallest absolute Gasteiger partial charge is 0.261 e. The number of nitrogens with one attached hydrogen (secondary N) is 1. The van der Waals surface area contributed by atoms with Crippen LogP contribution >= 0.6 is 0 Å². The Morgan fingerprint density at radius 2 is 2.08 bits per heavy atom. The summed E-state index contributed by atoms with van der Waals surface area (Å²) in [6, 6.07) is 6.19. The van der Waals surface area contributed by atoms with E-state index in [2.05, 4.69) is 33.6 Å². The molecule has 128 valence electrons. The molecule has 0 bridgehead atoms. The van der Waals surface area contributed by atoms with Crippen molar-refractivity contribution >= 4 is 21.0 Å². The summed E-state index contributed by atoms with van der Waals surface area (Å²) in [6.45, 7) is 3.05. The molecule has 0 aliphatic carbocycles. The lowest BCUT2D eigenvalue weighted by Crippen LogP contribution is -2.11. The summed E-state index contributed by atoms with van der Waals surface area (Å²) in [5, 5.41) is 1.26. The highest BCUT2D eigenvalue weighted by atomic mass is 32.2. The van der Waals surface area contributed by atoms with Crippen LogP contribution in [0.2, 0.25) is 0 Å². The molecule has 7 nitrogen and oxygen atoms in total. The van der Waals surface area contributed by atoms with E-state index in [1.807, 2.05) is 12.3 Å². The van der Waals surface area contributed by atoms with Crippen LogP contribution in [0, 0.1) is 6.92 Å². The Labute approximate surface area is 140 Å². The van der Waals surface area contributed by atoms with Crippen LogP contribution in [0.1, 0.15) is 11.4 Å². The number of methoxy groups -OCH3 is 1. The van der Waals surface area contributed by atoms with E-state index in [9.17, 15) is 8.42 Å². The first-order valence-corrected chi connectivity index (χ1v) is 9.26. The maximum atomic E-state index is 9.19. The largest absolute Gasteiger partial charge is 0.497 e. The van der Waals surface area contributed by atoms with Crippen LogP contribution in [0.25, 0.3) is 22.3 Å². The molecule has 0 atom stereocenters. The minimum atomic E-state index is -3.67. The Balaban J connectivity index is 0.000000300. The van der Waals surface area contributed by atoms with Gasteiger partial charge in [0.15, 0.2) is 0 Å². The third-order valence-electron chi connectivity index (χ3n) is 4.01. The molecule has 0 unspecified atom stereocenters. The second-order valence-corrected chi connectivity index (χ2v) is 7.18. The SMILES string of the molecule is COc1ccc2[nH]c3c(c2c1)CCn1c-3cnc1C.CS(=O)(=O)O. The van der Waals surface area contributed by atoms with Crippen molar-refractivity contribution in [1.29, 1.82) is 0 Å². The van der Waals surface area contributed by atoms with Gasteiger partial charge >= 0.3 is 0 Å². The summed E-state index contributed by atoms with van der Waals surface area (Å²) in [6.07, 6.45) is 3.71. The molecule has 0 amide bonds. The van der Waals surface area contributed by atoms with Gasteiger partial charge in [-0.25, -0.2) is 4.98 Å². The van der Waals surface area contributed by atoms with Crippen LogP contribution in [-0.4, -0.2) is 40.9 Å². The van der Waals surface area contributed by atoms with Crippen LogP contribution in [-0.2, 0) is 23.1 Å². The van der Waals surface area contributed by atoms with Gasteiger partial charge < -0.3 is 14.3 Å². The van der Waals surface area contributed by atoms with Gasteiger partial charge in [0.05, 0.1) is 31.0 Å². The topological polar surface area (TPSA) is 97.2 Å². The zero-order valence-electron chi connectivity index (χ0n) is 13.7. The van der Waals surface area contributed by atoms with Crippen LogP contribution in [0.5, 0.6) is 5.75 Å². The fourth-order valence-corrected chi connectivity index (χ4v) is 3.01. The van der Waals surface area contributed by atoms with E-state index in [0.29, 0.717) is 6.26 Å². The number of aromatic amines is 1. The Kier molecular flexibility index (Phi) is 4.10. The molecule has 8 heteroatoms. The molecule has 0 radical (unpaired) electrons. The molecule has 3 aromatic rings. The first kappa shape index (κ1) is 16.5. The van der Waals surface area contributed by atoms with E-state index in [4.69, 9.17) is 9.29 Å². The molecular weight excluding hydrogens is 330 g/mol. The van der Waals surface area contributed by atoms with Gasteiger partial charge in [0.25, 0.3) is 10.1 Å². The third kappa shape index (κ3) is 3.15. The first-order valence-electron chi connectivity index (χ1n) is 7.41. The van der Waals surface area contributed by atoms with Gasteiger partial charge in [-0.15, -0.1) is 0 Å². The first-order chi connectivity index (χ1) is 11.3. The highest BCUT2D eigenvalue weighted by molar-refractivity contribution is 7.85. The number of fused-ring (bicyclic) bond motifs is 5. The number of benzene rings is 1. The second kappa shape index (κ2) is 5.95. The fourth-order valence-electron chi connectivity index (χ4n) is 3.01. The lowest BCUT2D eigenvalue weighted by Gasteiger charge is -2.16. The number of hydrogen-bond acceptors (Lipinski definition) is 4. The van der Waals surface area contributed by atoms with Crippen LogP contribution in [0.4, 0.5) is 0 Å². The zero-order valence-corrected chi connectivity index (χ0v) is 14.5. The van der Waals surface area contributed by atoms with Crippen molar-refractivity contribution in [2.75, 3.05) is 13.4 Å². The van der Waals surface area contributed by atoms with E-state index in [1.165, 1.54) is 22.3 Å². The molecule has 2 aromatic heterocycles. The average Bonchev–Trinajstić information content (AvgIpc) is 3.05. The van der Waals surface area contributed by atoms with Crippen molar-refractivity contribution in [1.82, 2.24) is 14.5 Å². The van der Waals surface area contributed by atoms with Crippen molar-refractivity contribution in [2.45, 2.75) is 19.9 Å². The highest BCUT2D eigenvalue weighted by Crippen LogP contribution is 2.36. The fraction of sp³-hybridized carbons (Fsp3) is 0.312. The Morgan fingerprint density at radius 1 is 1.38 bits per heavy atom. The molecule has 0 saturated heterocycles. The average molecular weight is 349 g/mol.